The van der Waals surface area contributed by atoms with Crippen LogP contribution in [-0.4, -0.2) is 11.9 Å². The van der Waals surface area contributed by atoms with E-state index in [2.05, 4.69) is 15.9 Å². The van der Waals surface area contributed by atoms with Crippen LogP contribution in [0.1, 0.15) is 13.8 Å². The first kappa shape index (κ1) is 17.9. The van der Waals surface area contributed by atoms with Crippen LogP contribution in [0.3, 0.4) is 0 Å². The quantitative estimate of drug-likeness (QED) is 0.363. The van der Waals surface area contributed by atoms with Gasteiger partial charge in [-0.3, -0.25) is 9.59 Å². The molecule has 0 fully saturated rings. The molecule has 0 N–H and O–H groups in total. The van der Waals surface area contributed by atoms with Crippen molar-refractivity contribution >= 4 is 38.8 Å². The van der Waals surface area contributed by atoms with Crippen LogP contribution >= 0.6 is 15.9 Å². The molecule has 0 saturated heterocycles. The smallest absolute Gasteiger partial charge is 0.344 e. The van der Waals surface area contributed by atoms with Crippen LogP contribution < -0.4 is 15.1 Å². The lowest BCUT2D eigenvalue weighted by Crippen LogP contribution is -2.05. The predicted octanol–water partition coefficient (Wildman–Crippen LogP) is 4.07. The van der Waals surface area contributed by atoms with Crippen molar-refractivity contribution in [2.24, 2.45) is 0 Å². The van der Waals surface area contributed by atoms with Crippen molar-refractivity contribution in [3.8, 4) is 22.6 Å². The Balaban J connectivity index is 2.05. The van der Waals surface area contributed by atoms with Gasteiger partial charge in [0.2, 0.25) is 0 Å². The number of halogens is 1. The van der Waals surface area contributed by atoms with Crippen molar-refractivity contribution in [2.75, 3.05) is 0 Å². The first-order valence-corrected chi connectivity index (χ1v) is 8.37. The number of rotatable bonds is 3. The molecule has 0 atom stereocenters. The Morgan fingerprint density at radius 2 is 1.50 bits per heavy atom. The molecule has 0 bridgehead atoms. The molecule has 3 rings (SSSR count). The van der Waals surface area contributed by atoms with E-state index in [0.29, 0.717) is 38.1 Å². The first-order chi connectivity index (χ1) is 12.3. The molecule has 0 aliphatic heterocycles. The third kappa shape index (κ3) is 3.83. The molecule has 0 amide bonds. The van der Waals surface area contributed by atoms with Gasteiger partial charge < -0.3 is 13.9 Å². The van der Waals surface area contributed by atoms with E-state index in [1.54, 1.807) is 36.4 Å². The third-order valence-corrected chi connectivity index (χ3v) is 4.12. The van der Waals surface area contributed by atoms with Gasteiger partial charge in [0, 0.05) is 35.3 Å². The van der Waals surface area contributed by atoms with Gasteiger partial charge in [-0.25, -0.2) is 4.79 Å². The maximum atomic E-state index is 12.4. The summed E-state index contributed by atoms with van der Waals surface area (Å²) in [6.07, 6.45) is 0. The van der Waals surface area contributed by atoms with Crippen molar-refractivity contribution in [2.45, 2.75) is 13.8 Å². The highest BCUT2D eigenvalue weighted by atomic mass is 79.9. The molecule has 0 aliphatic carbocycles. The highest BCUT2D eigenvalue weighted by molar-refractivity contribution is 9.10. The average Bonchev–Trinajstić information content (AvgIpc) is 2.53. The van der Waals surface area contributed by atoms with E-state index in [1.807, 2.05) is 0 Å². The SMILES string of the molecule is CC(=O)Oc1ccc(-c2cc3ccc(OC(C)=O)cc3oc2=O)c(Br)c1. The number of hydrogen-bond acceptors (Lipinski definition) is 6. The van der Waals surface area contributed by atoms with Gasteiger partial charge in [-0.2, -0.15) is 0 Å². The fourth-order valence-electron chi connectivity index (χ4n) is 2.45. The molecule has 0 radical (unpaired) electrons. The Kier molecular flexibility index (Phi) is 4.90. The topological polar surface area (TPSA) is 82.8 Å². The summed E-state index contributed by atoms with van der Waals surface area (Å²) in [5.41, 5.74) is 0.711. The zero-order valence-electron chi connectivity index (χ0n) is 13.9. The standard InChI is InChI=1S/C19H13BrO6/c1-10(21)24-13-5-6-15(17(20)8-13)16-7-12-3-4-14(25-11(2)22)9-18(12)26-19(16)23/h3-9H,1-2H3. The normalized spacial score (nSPS) is 10.6. The summed E-state index contributed by atoms with van der Waals surface area (Å²) in [5.74, 6) is -0.226. The number of carbonyl (C=O) groups is 2. The number of benzene rings is 2. The number of carbonyl (C=O) groups excluding carboxylic acids is 2. The number of ether oxygens (including phenoxy) is 2. The molecule has 6 nitrogen and oxygen atoms in total. The Morgan fingerprint density at radius 3 is 2.12 bits per heavy atom. The van der Waals surface area contributed by atoms with Crippen LogP contribution in [0.2, 0.25) is 0 Å². The second-order valence-corrected chi connectivity index (χ2v) is 6.33. The average molecular weight is 417 g/mol. The van der Waals surface area contributed by atoms with Gasteiger partial charge in [-0.15, -0.1) is 0 Å². The lowest BCUT2D eigenvalue weighted by Gasteiger charge is -2.08. The van der Waals surface area contributed by atoms with Gasteiger partial charge in [-0.05, 0) is 36.4 Å². The second-order valence-electron chi connectivity index (χ2n) is 5.48. The molecule has 0 spiro atoms. The van der Waals surface area contributed by atoms with E-state index < -0.39 is 17.6 Å². The van der Waals surface area contributed by atoms with E-state index in [0.717, 1.165) is 0 Å². The first-order valence-electron chi connectivity index (χ1n) is 7.58. The monoisotopic (exact) mass is 416 g/mol. The highest BCUT2D eigenvalue weighted by Gasteiger charge is 2.13. The molecule has 0 saturated carbocycles. The van der Waals surface area contributed by atoms with Gasteiger partial charge in [0.1, 0.15) is 17.1 Å². The maximum Gasteiger partial charge on any atom is 0.344 e. The molecule has 26 heavy (non-hydrogen) atoms. The molecule has 1 aromatic heterocycles. The van der Waals surface area contributed by atoms with Crippen LogP contribution in [-0.2, 0) is 9.59 Å². The summed E-state index contributed by atoms with van der Waals surface area (Å²) < 4.78 is 16.0. The lowest BCUT2D eigenvalue weighted by atomic mass is 10.1. The van der Waals surface area contributed by atoms with Crippen molar-refractivity contribution in [1.82, 2.24) is 0 Å². The summed E-state index contributed by atoms with van der Waals surface area (Å²) in [6, 6.07) is 11.3. The Hall–Kier alpha value is -2.93. The van der Waals surface area contributed by atoms with Crippen LogP contribution in [0.4, 0.5) is 0 Å². The largest absolute Gasteiger partial charge is 0.427 e. The van der Waals surface area contributed by atoms with Gasteiger partial charge in [-0.1, -0.05) is 15.9 Å². The Morgan fingerprint density at radius 1 is 0.885 bits per heavy atom. The second kappa shape index (κ2) is 7.13. The van der Waals surface area contributed by atoms with Crippen molar-refractivity contribution < 1.29 is 23.5 Å². The molecule has 7 heteroatoms. The van der Waals surface area contributed by atoms with E-state index in [9.17, 15) is 14.4 Å². The van der Waals surface area contributed by atoms with E-state index >= 15 is 0 Å². The molecular weight excluding hydrogens is 404 g/mol. The minimum absolute atomic E-state index is 0.299. The molecular formula is C19H13BrO6. The fraction of sp³-hybridized carbons (Fsp3) is 0.105. The summed E-state index contributed by atoms with van der Waals surface area (Å²) in [5, 5.41) is 0.673. The Labute approximate surface area is 156 Å². The van der Waals surface area contributed by atoms with Gasteiger partial charge in [0.05, 0.1) is 5.56 Å². The Bertz CT molecular complexity index is 1080. The zero-order valence-corrected chi connectivity index (χ0v) is 15.5. The predicted molar refractivity (Wildman–Crippen MR) is 98.2 cm³/mol. The van der Waals surface area contributed by atoms with Crippen LogP contribution in [0.5, 0.6) is 11.5 Å². The maximum absolute atomic E-state index is 12.4. The molecule has 3 aromatic rings. The van der Waals surface area contributed by atoms with Crippen molar-refractivity contribution in [3.05, 3.63) is 57.4 Å². The van der Waals surface area contributed by atoms with E-state index in [-0.39, 0.29) is 0 Å². The van der Waals surface area contributed by atoms with Crippen molar-refractivity contribution in [1.29, 1.82) is 0 Å². The molecule has 132 valence electrons. The van der Waals surface area contributed by atoms with E-state index in [1.165, 1.54) is 19.9 Å². The fourth-order valence-corrected chi connectivity index (χ4v) is 3.02. The molecule has 2 aromatic carbocycles. The van der Waals surface area contributed by atoms with Crippen LogP contribution in [0.15, 0.2) is 56.1 Å². The third-order valence-electron chi connectivity index (χ3n) is 3.46. The number of hydrogen-bond donors (Lipinski definition) is 0. The minimum atomic E-state index is -0.543. The van der Waals surface area contributed by atoms with Gasteiger partial charge >= 0.3 is 17.6 Å². The van der Waals surface area contributed by atoms with Gasteiger partial charge in [0.25, 0.3) is 0 Å². The number of fused-ring (bicyclic) bond motifs is 1. The van der Waals surface area contributed by atoms with Gasteiger partial charge in [0.15, 0.2) is 0 Å². The summed E-state index contributed by atoms with van der Waals surface area (Å²) in [7, 11) is 0. The van der Waals surface area contributed by atoms with Crippen LogP contribution in [0, 0.1) is 0 Å². The molecule has 0 aliphatic rings. The highest BCUT2D eigenvalue weighted by Crippen LogP contribution is 2.32. The summed E-state index contributed by atoms with van der Waals surface area (Å²) in [6.45, 7) is 2.60. The van der Waals surface area contributed by atoms with E-state index in [4.69, 9.17) is 13.9 Å². The lowest BCUT2D eigenvalue weighted by molar-refractivity contribution is -0.132. The summed E-state index contributed by atoms with van der Waals surface area (Å²) >= 11 is 3.38. The minimum Gasteiger partial charge on any atom is -0.427 e. The number of esters is 2. The van der Waals surface area contributed by atoms with Crippen molar-refractivity contribution in [3.63, 3.8) is 0 Å². The zero-order chi connectivity index (χ0) is 18.8. The van der Waals surface area contributed by atoms with Crippen LogP contribution in [0.25, 0.3) is 22.1 Å². The summed E-state index contributed by atoms with van der Waals surface area (Å²) in [4.78, 5) is 34.5. The molecule has 1 heterocycles. The molecule has 0 unspecified atom stereocenters.